The molecular weight excluding hydrogens is 208 g/mol. The van der Waals surface area contributed by atoms with Gasteiger partial charge in [-0.3, -0.25) is 4.79 Å². The maximum Gasteiger partial charge on any atom is 0.318 e. The third-order valence-electron chi connectivity index (χ3n) is 3.53. The Morgan fingerprint density at radius 1 is 1.44 bits per heavy atom. The van der Waals surface area contributed by atoms with Crippen molar-refractivity contribution in [1.29, 1.82) is 0 Å². The molecule has 0 aromatic carbocycles. The van der Waals surface area contributed by atoms with Crippen molar-refractivity contribution in [3.63, 3.8) is 0 Å². The molecule has 1 heterocycles. The number of nitrogens with zero attached hydrogens (tertiary/aromatic N) is 1. The molecule has 90 valence electrons. The molecular formula is C11H18N2O3. The van der Waals surface area contributed by atoms with E-state index in [-0.39, 0.29) is 18.5 Å². The molecule has 1 unspecified atom stereocenters. The van der Waals surface area contributed by atoms with Crippen molar-refractivity contribution in [2.75, 3.05) is 6.54 Å². The highest BCUT2D eigenvalue weighted by Gasteiger charge is 2.36. The number of aliphatic carboxylic acids is 1. The lowest BCUT2D eigenvalue weighted by Gasteiger charge is -2.28. The lowest BCUT2D eigenvalue weighted by atomic mass is 10.1. The molecule has 0 aromatic rings. The molecule has 2 N–H and O–H groups in total. The van der Waals surface area contributed by atoms with Gasteiger partial charge in [0.15, 0.2) is 0 Å². The molecule has 2 fully saturated rings. The first-order valence-corrected chi connectivity index (χ1v) is 5.96. The molecule has 1 saturated carbocycles. The molecule has 0 bridgehead atoms. The van der Waals surface area contributed by atoms with Crippen molar-refractivity contribution < 1.29 is 14.7 Å². The molecule has 0 radical (unpaired) electrons. The summed E-state index contributed by atoms with van der Waals surface area (Å²) < 4.78 is 0. The number of amides is 2. The van der Waals surface area contributed by atoms with E-state index in [9.17, 15) is 9.59 Å². The fourth-order valence-corrected chi connectivity index (χ4v) is 2.74. The number of hydrogen-bond acceptors (Lipinski definition) is 2. The maximum atomic E-state index is 11.7. The Hall–Kier alpha value is -1.26. The van der Waals surface area contributed by atoms with Crippen LogP contribution in [0.15, 0.2) is 0 Å². The lowest BCUT2D eigenvalue weighted by Crippen LogP contribution is -2.41. The zero-order valence-electron chi connectivity index (χ0n) is 9.32. The molecule has 2 rings (SSSR count). The number of carboxylic acids is 1. The zero-order chi connectivity index (χ0) is 11.5. The van der Waals surface area contributed by atoms with Crippen LogP contribution in [0.5, 0.6) is 0 Å². The first-order valence-electron chi connectivity index (χ1n) is 5.96. The molecule has 1 saturated heterocycles. The van der Waals surface area contributed by atoms with Gasteiger partial charge >= 0.3 is 12.0 Å². The van der Waals surface area contributed by atoms with Crippen molar-refractivity contribution in [3.05, 3.63) is 0 Å². The number of carbonyl (C=O) groups is 2. The zero-order valence-corrected chi connectivity index (χ0v) is 9.32. The van der Waals surface area contributed by atoms with Crippen molar-refractivity contribution in [2.45, 2.75) is 50.6 Å². The number of rotatable bonds is 4. The molecule has 0 aromatic heterocycles. The van der Waals surface area contributed by atoms with Crippen molar-refractivity contribution in [2.24, 2.45) is 0 Å². The molecule has 1 aliphatic carbocycles. The van der Waals surface area contributed by atoms with Gasteiger partial charge in [-0.2, -0.15) is 0 Å². The van der Waals surface area contributed by atoms with E-state index in [0.29, 0.717) is 19.0 Å². The van der Waals surface area contributed by atoms with Gasteiger partial charge < -0.3 is 15.3 Å². The average molecular weight is 226 g/mol. The summed E-state index contributed by atoms with van der Waals surface area (Å²) in [5.41, 5.74) is 0. The van der Waals surface area contributed by atoms with Gasteiger partial charge in [0.1, 0.15) is 0 Å². The van der Waals surface area contributed by atoms with Gasteiger partial charge in [-0.15, -0.1) is 0 Å². The Bertz CT molecular complexity index is 287. The minimum Gasteiger partial charge on any atom is -0.481 e. The Morgan fingerprint density at radius 3 is 2.75 bits per heavy atom. The number of urea groups is 1. The van der Waals surface area contributed by atoms with Crippen LogP contribution in [0.25, 0.3) is 0 Å². The second-order valence-corrected chi connectivity index (χ2v) is 4.62. The van der Waals surface area contributed by atoms with E-state index in [1.54, 1.807) is 0 Å². The molecule has 5 nitrogen and oxygen atoms in total. The fourth-order valence-electron chi connectivity index (χ4n) is 2.74. The summed E-state index contributed by atoms with van der Waals surface area (Å²) in [6, 6.07) is 0.398. The Morgan fingerprint density at radius 2 is 2.12 bits per heavy atom. The summed E-state index contributed by atoms with van der Waals surface area (Å²) in [6.07, 6.45) is 5.20. The summed E-state index contributed by atoms with van der Waals surface area (Å²) in [6.45, 7) is 0.600. The predicted octanol–water partition coefficient (Wildman–Crippen LogP) is 1.19. The van der Waals surface area contributed by atoms with Gasteiger partial charge in [0.2, 0.25) is 0 Å². The number of carboxylic acid groups (broad SMARTS) is 1. The van der Waals surface area contributed by atoms with E-state index in [1.807, 2.05) is 4.90 Å². The minimum absolute atomic E-state index is 0.0118. The van der Waals surface area contributed by atoms with Crippen LogP contribution in [0, 0.1) is 0 Å². The highest BCUT2D eigenvalue weighted by molar-refractivity contribution is 5.77. The molecule has 0 spiro atoms. The van der Waals surface area contributed by atoms with Gasteiger partial charge in [0.05, 0.1) is 6.04 Å². The normalized spacial score (nSPS) is 26.1. The summed E-state index contributed by atoms with van der Waals surface area (Å²) in [7, 11) is 0. The Kier molecular flexibility index (Phi) is 3.31. The lowest BCUT2D eigenvalue weighted by molar-refractivity contribution is -0.137. The van der Waals surface area contributed by atoms with Gasteiger partial charge in [-0.25, -0.2) is 4.79 Å². The number of carbonyl (C=O) groups excluding carboxylic acids is 1. The Labute approximate surface area is 94.8 Å². The third kappa shape index (κ3) is 2.28. The van der Waals surface area contributed by atoms with Crippen LogP contribution in [0.2, 0.25) is 0 Å². The van der Waals surface area contributed by atoms with E-state index in [2.05, 4.69) is 5.32 Å². The molecule has 1 aliphatic heterocycles. The van der Waals surface area contributed by atoms with Crippen LogP contribution >= 0.6 is 0 Å². The van der Waals surface area contributed by atoms with Gasteiger partial charge in [-0.05, 0) is 19.3 Å². The van der Waals surface area contributed by atoms with Crippen molar-refractivity contribution in [1.82, 2.24) is 10.2 Å². The highest BCUT2D eigenvalue weighted by Crippen LogP contribution is 2.28. The standard InChI is InChI=1S/C11H18N2O3/c14-10(15)6-5-9-7-12-11(16)13(9)8-3-1-2-4-8/h8-9H,1-7H2,(H,12,16)(H,14,15). The van der Waals surface area contributed by atoms with Gasteiger partial charge in [-0.1, -0.05) is 12.8 Å². The van der Waals surface area contributed by atoms with Crippen LogP contribution in [-0.4, -0.2) is 40.6 Å². The quantitative estimate of drug-likeness (QED) is 0.756. The van der Waals surface area contributed by atoms with Crippen molar-refractivity contribution >= 4 is 12.0 Å². The van der Waals surface area contributed by atoms with Crippen LogP contribution in [0.1, 0.15) is 38.5 Å². The molecule has 1 atom stereocenters. The summed E-state index contributed by atoms with van der Waals surface area (Å²) in [5, 5.41) is 11.5. The average Bonchev–Trinajstić information content (AvgIpc) is 2.83. The summed E-state index contributed by atoms with van der Waals surface area (Å²) in [4.78, 5) is 24.1. The summed E-state index contributed by atoms with van der Waals surface area (Å²) in [5.74, 6) is -0.786. The third-order valence-corrected chi connectivity index (χ3v) is 3.53. The minimum atomic E-state index is -0.786. The first kappa shape index (κ1) is 11.2. The van der Waals surface area contributed by atoms with Crippen LogP contribution in [-0.2, 0) is 4.79 Å². The number of hydrogen-bond donors (Lipinski definition) is 2. The monoisotopic (exact) mass is 226 g/mol. The van der Waals surface area contributed by atoms with E-state index in [1.165, 1.54) is 12.8 Å². The first-order chi connectivity index (χ1) is 7.68. The van der Waals surface area contributed by atoms with E-state index >= 15 is 0 Å². The molecule has 16 heavy (non-hydrogen) atoms. The molecule has 2 amide bonds. The topological polar surface area (TPSA) is 69.6 Å². The number of nitrogens with one attached hydrogen (secondary N) is 1. The molecule has 5 heteroatoms. The van der Waals surface area contributed by atoms with Crippen LogP contribution in [0.3, 0.4) is 0 Å². The maximum absolute atomic E-state index is 11.7. The molecule has 2 aliphatic rings. The van der Waals surface area contributed by atoms with Gasteiger partial charge in [0, 0.05) is 19.0 Å². The second kappa shape index (κ2) is 4.72. The second-order valence-electron chi connectivity index (χ2n) is 4.62. The van der Waals surface area contributed by atoms with E-state index in [0.717, 1.165) is 12.8 Å². The predicted molar refractivity (Wildman–Crippen MR) is 58.2 cm³/mol. The van der Waals surface area contributed by atoms with E-state index < -0.39 is 5.97 Å². The Balaban J connectivity index is 1.95. The van der Waals surface area contributed by atoms with Gasteiger partial charge in [0.25, 0.3) is 0 Å². The van der Waals surface area contributed by atoms with E-state index in [4.69, 9.17) is 5.11 Å². The highest BCUT2D eigenvalue weighted by atomic mass is 16.4. The summed E-state index contributed by atoms with van der Waals surface area (Å²) >= 11 is 0. The van der Waals surface area contributed by atoms with Crippen molar-refractivity contribution in [3.8, 4) is 0 Å². The largest absolute Gasteiger partial charge is 0.481 e. The smallest absolute Gasteiger partial charge is 0.318 e. The van der Waals surface area contributed by atoms with Crippen LogP contribution in [0.4, 0.5) is 4.79 Å². The fraction of sp³-hybridized carbons (Fsp3) is 0.818. The SMILES string of the molecule is O=C(O)CCC1CNC(=O)N1C1CCCC1. The van der Waals surface area contributed by atoms with Crippen LogP contribution < -0.4 is 5.32 Å².